The predicted octanol–water partition coefficient (Wildman–Crippen LogP) is 4.49. The molecule has 0 saturated heterocycles. The van der Waals surface area contributed by atoms with E-state index < -0.39 is 0 Å². The van der Waals surface area contributed by atoms with E-state index in [1.807, 2.05) is 12.1 Å². The summed E-state index contributed by atoms with van der Waals surface area (Å²) in [4.78, 5) is 0. The molecular weight excluding hydrogens is 216 g/mol. The summed E-state index contributed by atoms with van der Waals surface area (Å²) >= 11 is 0. The van der Waals surface area contributed by atoms with Crippen LogP contribution in [0.2, 0.25) is 0 Å². The van der Waals surface area contributed by atoms with Crippen molar-refractivity contribution in [3.05, 3.63) is 72.3 Å². The molecule has 0 heteroatoms. The number of terminal acetylenes is 1. The van der Waals surface area contributed by atoms with Crippen LogP contribution in [-0.2, 0) is 0 Å². The minimum atomic E-state index is 0.916. The Balaban J connectivity index is 2.22. The first-order valence-electron chi connectivity index (χ1n) is 5.93. The minimum Gasteiger partial charge on any atom is -0.115 e. The maximum absolute atomic E-state index is 5.38. The fourth-order valence-electron chi connectivity index (χ4n) is 2.22. The molecule has 3 rings (SSSR count). The van der Waals surface area contributed by atoms with Crippen LogP contribution in [0, 0.1) is 12.3 Å². The quantitative estimate of drug-likeness (QED) is 0.538. The summed E-state index contributed by atoms with van der Waals surface area (Å²) in [6.45, 7) is 0. The first kappa shape index (κ1) is 10.6. The van der Waals surface area contributed by atoms with Crippen molar-refractivity contribution in [1.29, 1.82) is 0 Å². The van der Waals surface area contributed by atoms with E-state index in [0.717, 1.165) is 5.56 Å². The van der Waals surface area contributed by atoms with Crippen LogP contribution in [0.25, 0.3) is 21.9 Å². The molecule has 0 heterocycles. The number of rotatable bonds is 1. The van der Waals surface area contributed by atoms with Crippen molar-refractivity contribution in [3.63, 3.8) is 0 Å². The second-order valence-electron chi connectivity index (χ2n) is 4.25. The van der Waals surface area contributed by atoms with Crippen LogP contribution in [0.15, 0.2) is 66.7 Å². The third-order valence-electron chi connectivity index (χ3n) is 3.15. The Morgan fingerprint density at radius 1 is 0.722 bits per heavy atom. The topological polar surface area (TPSA) is 0 Å². The maximum atomic E-state index is 5.38. The van der Waals surface area contributed by atoms with Crippen molar-refractivity contribution in [2.24, 2.45) is 0 Å². The molecule has 0 aliphatic carbocycles. The Bertz CT molecular complexity index is 723. The molecule has 0 radical (unpaired) electrons. The van der Waals surface area contributed by atoms with E-state index in [-0.39, 0.29) is 0 Å². The van der Waals surface area contributed by atoms with Crippen LogP contribution >= 0.6 is 0 Å². The Morgan fingerprint density at radius 3 is 2.22 bits per heavy atom. The van der Waals surface area contributed by atoms with Crippen LogP contribution in [0.5, 0.6) is 0 Å². The third kappa shape index (κ3) is 1.77. The van der Waals surface area contributed by atoms with E-state index >= 15 is 0 Å². The van der Waals surface area contributed by atoms with Gasteiger partial charge in [-0.1, -0.05) is 60.5 Å². The van der Waals surface area contributed by atoms with Crippen LogP contribution in [0.3, 0.4) is 0 Å². The molecule has 84 valence electrons. The molecular formula is C18H12. The van der Waals surface area contributed by atoms with Crippen molar-refractivity contribution in [2.45, 2.75) is 0 Å². The lowest BCUT2D eigenvalue weighted by molar-refractivity contribution is 1.62. The fraction of sp³-hybridized carbons (Fsp3) is 0. The summed E-state index contributed by atoms with van der Waals surface area (Å²) in [5, 5.41) is 2.53. The average molecular weight is 228 g/mol. The number of benzene rings is 3. The van der Waals surface area contributed by atoms with Crippen LogP contribution < -0.4 is 0 Å². The van der Waals surface area contributed by atoms with Crippen molar-refractivity contribution < 1.29 is 0 Å². The first-order valence-corrected chi connectivity index (χ1v) is 5.93. The first-order chi connectivity index (χ1) is 8.88. The van der Waals surface area contributed by atoms with Gasteiger partial charge in [-0.25, -0.2) is 0 Å². The summed E-state index contributed by atoms with van der Waals surface area (Å²) < 4.78 is 0. The molecule has 0 atom stereocenters. The van der Waals surface area contributed by atoms with E-state index in [1.165, 1.54) is 21.9 Å². The van der Waals surface area contributed by atoms with E-state index in [0.29, 0.717) is 0 Å². The smallest absolute Gasteiger partial charge is 0.0243 e. The normalized spacial score (nSPS) is 10.2. The van der Waals surface area contributed by atoms with Crippen LogP contribution in [0.4, 0.5) is 0 Å². The van der Waals surface area contributed by atoms with Gasteiger partial charge in [0.25, 0.3) is 0 Å². The van der Waals surface area contributed by atoms with Crippen molar-refractivity contribution >= 4 is 10.8 Å². The SMILES string of the molecule is C#Cc1ccc(-c2cccc3ccccc23)cc1. The van der Waals surface area contributed by atoms with Gasteiger partial charge in [0.1, 0.15) is 0 Å². The summed E-state index contributed by atoms with van der Waals surface area (Å²) in [6.07, 6.45) is 5.38. The third-order valence-corrected chi connectivity index (χ3v) is 3.15. The molecule has 0 amide bonds. The molecule has 0 bridgehead atoms. The second-order valence-corrected chi connectivity index (χ2v) is 4.25. The molecule has 0 saturated carbocycles. The molecule has 3 aromatic carbocycles. The summed E-state index contributed by atoms with van der Waals surface area (Å²) in [6, 6.07) is 22.9. The molecule has 0 unspecified atom stereocenters. The van der Waals surface area contributed by atoms with Gasteiger partial charge in [0, 0.05) is 5.56 Å². The minimum absolute atomic E-state index is 0.916. The Labute approximate surface area is 107 Å². The van der Waals surface area contributed by atoms with Gasteiger partial charge in [-0.2, -0.15) is 0 Å². The monoisotopic (exact) mass is 228 g/mol. The molecule has 0 spiro atoms. The van der Waals surface area contributed by atoms with Gasteiger partial charge in [0.2, 0.25) is 0 Å². The zero-order chi connectivity index (χ0) is 12.4. The van der Waals surface area contributed by atoms with Gasteiger partial charge in [0.15, 0.2) is 0 Å². The zero-order valence-corrected chi connectivity index (χ0v) is 9.93. The highest BCUT2D eigenvalue weighted by atomic mass is 14.1. The standard InChI is InChI=1S/C18H12/c1-2-14-10-12-16(13-11-14)18-9-5-7-15-6-3-4-8-17(15)18/h1,3-13H. The fourth-order valence-corrected chi connectivity index (χ4v) is 2.22. The van der Waals surface area contributed by atoms with Gasteiger partial charge >= 0.3 is 0 Å². The summed E-state index contributed by atoms with van der Waals surface area (Å²) in [5.41, 5.74) is 3.36. The molecule has 0 nitrogen and oxygen atoms in total. The lowest BCUT2D eigenvalue weighted by atomic mass is 9.98. The largest absolute Gasteiger partial charge is 0.115 e. The molecule has 0 aliphatic rings. The summed E-state index contributed by atoms with van der Waals surface area (Å²) in [5.74, 6) is 2.64. The van der Waals surface area contributed by atoms with Gasteiger partial charge in [0.05, 0.1) is 0 Å². The van der Waals surface area contributed by atoms with Crippen LogP contribution in [0.1, 0.15) is 5.56 Å². The summed E-state index contributed by atoms with van der Waals surface area (Å²) in [7, 11) is 0. The predicted molar refractivity (Wildman–Crippen MR) is 77.3 cm³/mol. The van der Waals surface area contributed by atoms with E-state index in [1.54, 1.807) is 0 Å². The molecule has 0 N–H and O–H groups in total. The lowest BCUT2D eigenvalue weighted by Gasteiger charge is -2.06. The number of hydrogen-bond acceptors (Lipinski definition) is 0. The van der Waals surface area contributed by atoms with Gasteiger partial charge in [-0.3, -0.25) is 0 Å². The highest BCUT2D eigenvalue weighted by molar-refractivity contribution is 5.96. The average Bonchev–Trinajstić information content (AvgIpc) is 2.47. The Morgan fingerprint density at radius 2 is 1.44 bits per heavy atom. The van der Waals surface area contributed by atoms with E-state index in [2.05, 4.69) is 60.5 Å². The number of hydrogen-bond donors (Lipinski definition) is 0. The molecule has 0 aromatic heterocycles. The molecule has 0 aliphatic heterocycles. The molecule has 0 fully saturated rings. The van der Waals surface area contributed by atoms with Crippen molar-refractivity contribution in [2.75, 3.05) is 0 Å². The Kier molecular flexibility index (Phi) is 2.59. The van der Waals surface area contributed by atoms with Crippen molar-refractivity contribution in [1.82, 2.24) is 0 Å². The van der Waals surface area contributed by atoms with Gasteiger partial charge < -0.3 is 0 Å². The van der Waals surface area contributed by atoms with E-state index in [9.17, 15) is 0 Å². The molecule has 18 heavy (non-hydrogen) atoms. The maximum Gasteiger partial charge on any atom is 0.0243 e. The highest BCUT2D eigenvalue weighted by Gasteiger charge is 2.02. The van der Waals surface area contributed by atoms with Crippen LogP contribution in [-0.4, -0.2) is 0 Å². The zero-order valence-electron chi connectivity index (χ0n) is 9.93. The highest BCUT2D eigenvalue weighted by Crippen LogP contribution is 2.28. The molecule has 3 aromatic rings. The number of fused-ring (bicyclic) bond motifs is 1. The lowest BCUT2D eigenvalue weighted by Crippen LogP contribution is -1.81. The Hall–Kier alpha value is -2.52. The van der Waals surface area contributed by atoms with Gasteiger partial charge in [-0.05, 0) is 34.0 Å². The van der Waals surface area contributed by atoms with Crippen molar-refractivity contribution in [3.8, 4) is 23.5 Å². The van der Waals surface area contributed by atoms with Gasteiger partial charge in [-0.15, -0.1) is 6.42 Å². The van der Waals surface area contributed by atoms with E-state index in [4.69, 9.17) is 6.42 Å². The second kappa shape index (κ2) is 4.39.